The molecule has 0 radical (unpaired) electrons. The van der Waals surface area contributed by atoms with Gasteiger partial charge in [0.1, 0.15) is 6.04 Å². The van der Waals surface area contributed by atoms with Crippen LogP contribution in [0, 0.1) is 17.8 Å². The van der Waals surface area contributed by atoms with Crippen molar-refractivity contribution in [3.8, 4) is 11.8 Å². The van der Waals surface area contributed by atoms with Gasteiger partial charge in [-0.1, -0.05) is 36.1 Å². The lowest BCUT2D eigenvalue weighted by atomic mass is 9.93. The van der Waals surface area contributed by atoms with Crippen LogP contribution in [-0.2, 0) is 20.9 Å². The van der Waals surface area contributed by atoms with Crippen LogP contribution in [0.4, 0.5) is 5.69 Å². The third-order valence-corrected chi connectivity index (χ3v) is 11.7. The van der Waals surface area contributed by atoms with Gasteiger partial charge in [0.15, 0.2) is 0 Å². The van der Waals surface area contributed by atoms with Crippen LogP contribution < -0.4 is 15.5 Å². The van der Waals surface area contributed by atoms with E-state index < -0.39 is 11.9 Å². The van der Waals surface area contributed by atoms with Crippen molar-refractivity contribution in [3.05, 3.63) is 113 Å². The molecular formula is C47H53N7O5. The van der Waals surface area contributed by atoms with E-state index in [-0.39, 0.29) is 30.0 Å². The zero-order valence-electron chi connectivity index (χ0n) is 33.6. The number of fused-ring (bicyclic) bond motifs is 1. The fourth-order valence-electron chi connectivity index (χ4n) is 8.25. The molecule has 0 saturated carbocycles. The van der Waals surface area contributed by atoms with Crippen molar-refractivity contribution in [1.29, 1.82) is 0 Å². The average Bonchev–Trinajstić information content (AvgIpc) is 3.60. The van der Waals surface area contributed by atoms with E-state index in [2.05, 4.69) is 55.5 Å². The number of pyridine rings is 1. The summed E-state index contributed by atoms with van der Waals surface area (Å²) in [5.41, 5.74) is 5.05. The van der Waals surface area contributed by atoms with Gasteiger partial charge in [-0.25, -0.2) is 0 Å². The molecule has 12 nitrogen and oxygen atoms in total. The Hall–Kier alpha value is -6.06. The standard InChI is InChI=1S/C47H53N7O5/c55-43(20-14-36-10-8-24-48-33-36)49-25-5-4-9-35-22-27-53(28-23-35)46(58)38-15-17-39(18-16-38)52-31-29-51(30-32-52)26-6-2-1-3-11-37-12-7-13-40-41(37)34-54(47(40)59)42-19-21-44(56)50-45(42)57/h4-5,7-8,10,12-18,20,24,33,35,42H,1-2,6,9,19,21-23,25-32,34H2,(H,49,55)(H,50,56,57)/b5-4+,20-14+. The minimum Gasteiger partial charge on any atom is -0.369 e. The van der Waals surface area contributed by atoms with Crippen molar-refractivity contribution in [1.82, 2.24) is 30.3 Å². The Morgan fingerprint density at radius 1 is 0.898 bits per heavy atom. The quantitative estimate of drug-likeness (QED) is 0.0828. The summed E-state index contributed by atoms with van der Waals surface area (Å²) >= 11 is 0. The molecule has 3 aromatic rings. The number of piperidine rings is 2. The van der Waals surface area contributed by atoms with E-state index in [1.54, 1.807) is 29.4 Å². The summed E-state index contributed by atoms with van der Waals surface area (Å²) in [6.07, 6.45) is 17.1. The highest BCUT2D eigenvalue weighted by atomic mass is 16.2. The van der Waals surface area contributed by atoms with E-state index >= 15 is 0 Å². The molecule has 2 aromatic carbocycles. The van der Waals surface area contributed by atoms with Gasteiger partial charge in [0.2, 0.25) is 17.7 Å². The number of benzene rings is 2. The number of carbonyl (C=O) groups excluding carboxylic acids is 5. The van der Waals surface area contributed by atoms with Crippen molar-refractivity contribution in [2.24, 2.45) is 5.92 Å². The van der Waals surface area contributed by atoms with Crippen molar-refractivity contribution >= 4 is 41.3 Å². The van der Waals surface area contributed by atoms with E-state index in [1.807, 2.05) is 47.4 Å². The van der Waals surface area contributed by atoms with Crippen LogP contribution in [0.3, 0.4) is 0 Å². The van der Waals surface area contributed by atoms with Gasteiger partial charge >= 0.3 is 0 Å². The number of hydrogen-bond acceptors (Lipinski definition) is 8. The second-order valence-corrected chi connectivity index (χ2v) is 15.7. The monoisotopic (exact) mass is 795 g/mol. The second kappa shape index (κ2) is 20.1. The van der Waals surface area contributed by atoms with Gasteiger partial charge in [0, 0.05) is 106 Å². The lowest BCUT2D eigenvalue weighted by molar-refractivity contribution is -0.137. The van der Waals surface area contributed by atoms with Gasteiger partial charge in [-0.05, 0) is 111 Å². The maximum atomic E-state index is 13.3. The average molecular weight is 796 g/mol. The molecule has 0 aliphatic carbocycles. The van der Waals surface area contributed by atoms with Gasteiger partial charge in [-0.2, -0.15) is 0 Å². The Balaban J connectivity index is 0.763. The Kier molecular flexibility index (Phi) is 14.0. The number of carbonyl (C=O) groups is 5. The van der Waals surface area contributed by atoms with Gasteiger partial charge in [0.25, 0.3) is 11.8 Å². The summed E-state index contributed by atoms with van der Waals surface area (Å²) in [5, 5.41) is 5.23. The summed E-state index contributed by atoms with van der Waals surface area (Å²) in [7, 11) is 0. The SMILES string of the molecule is O=C(/C=C/c1cccnc1)NC/C=C/CC1CCN(C(=O)c2ccc(N3CCN(CCCCC#Cc4cccc5c4CN(C4CCC(=O)NC4=O)C5=O)CC3)cc2)CC1. The van der Waals surface area contributed by atoms with E-state index in [0.29, 0.717) is 31.0 Å². The van der Waals surface area contributed by atoms with Crippen LogP contribution in [0.1, 0.15) is 88.8 Å². The molecule has 3 fully saturated rings. The zero-order chi connectivity index (χ0) is 41.0. The van der Waals surface area contributed by atoms with E-state index in [4.69, 9.17) is 0 Å². The Bertz CT molecular complexity index is 2110. The minimum absolute atomic E-state index is 0.0984. The molecule has 306 valence electrons. The van der Waals surface area contributed by atoms with Crippen molar-refractivity contribution < 1.29 is 24.0 Å². The molecule has 7 rings (SSSR count). The number of anilines is 1. The number of likely N-dealkylation sites (tertiary alicyclic amines) is 1. The number of imide groups is 1. The molecule has 4 aliphatic rings. The van der Waals surface area contributed by atoms with Crippen LogP contribution in [0.15, 0.2) is 85.2 Å². The number of unbranched alkanes of at least 4 members (excludes halogenated alkanes) is 2. The molecule has 2 N–H and O–H groups in total. The van der Waals surface area contributed by atoms with Gasteiger partial charge in [-0.3, -0.25) is 39.2 Å². The molecule has 1 aromatic heterocycles. The molecule has 0 spiro atoms. The van der Waals surface area contributed by atoms with Crippen molar-refractivity contribution in [2.45, 2.75) is 64.0 Å². The van der Waals surface area contributed by atoms with Crippen molar-refractivity contribution in [2.75, 3.05) is 57.3 Å². The first-order valence-corrected chi connectivity index (χ1v) is 21.0. The summed E-state index contributed by atoms with van der Waals surface area (Å²) in [6, 6.07) is 16.8. The predicted octanol–water partition coefficient (Wildman–Crippen LogP) is 4.81. The van der Waals surface area contributed by atoms with E-state index in [9.17, 15) is 24.0 Å². The first kappa shape index (κ1) is 41.1. The zero-order valence-corrected chi connectivity index (χ0v) is 33.6. The Morgan fingerprint density at radius 3 is 2.47 bits per heavy atom. The number of rotatable bonds is 13. The van der Waals surface area contributed by atoms with Crippen LogP contribution in [-0.4, -0.2) is 108 Å². The molecule has 4 aliphatic heterocycles. The molecule has 0 bridgehead atoms. The molecule has 1 atom stereocenters. The summed E-state index contributed by atoms with van der Waals surface area (Å²) in [5.74, 6) is 6.20. The minimum atomic E-state index is -0.630. The van der Waals surface area contributed by atoms with Gasteiger partial charge in [-0.15, -0.1) is 0 Å². The normalized spacial score (nSPS) is 18.9. The molecule has 5 heterocycles. The highest BCUT2D eigenvalue weighted by molar-refractivity contribution is 6.05. The number of aromatic nitrogens is 1. The lowest BCUT2D eigenvalue weighted by Crippen LogP contribution is -2.52. The summed E-state index contributed by atoms with van der Waals surface area (Å²) in [6.45, 7) is 7.22. The number of amides is 5. The fraction of sp³-hybridized carbons (Fsp3) is 0.404. The highest BCUT2D eigenvalue weighted by Gasteiger charge is 2.39. The third kappa shape index (κ3) is 10.9. The van der Waals surface area contributed by atoms with Gasteiger partial charge in [0.05, 0.1) is 0 Å². The molecule has 3 saturated heterocycles. The molecule has 5 amide bonds. The Morgan fingerprint density at radius 2 is 1.71 bits per heavy atom. The number of nitrogens with zero attached hydrogens (tertiary/aromatic N) is 5. The van der Waals surface area contributed by atoms with E-state index in [1.165, 1.54) is 6.08 Å². The topological polar surface area (TPSA) is 135 Å². The largest absolute Gasteiger partial charge is 0.369 e. The lowest BCUT2D eigenvalue weighted by Gasteiger charge is -2.36. The maximum Gasteiger partial charge on any atom is 0.255 e. The first-order valence-electron chi connectivity index (χ1n) is 21.0. The number of nitrogens with one attached hydrogen (secondary N) is 2. The van der Waals surface area contributed by atoms with Crippen LogP contribution in [0.25, 0.3) is 6.08 Å². The highest BCUT2D eigenvalue weighted by Crippen LogP contribution is 2.30. The smallest absolute Gasteiger partial charge is 0.255 e. The van der Waals surface area contributed by atoms with Crippen molar-refractivity contribution in [3.63, 3.8) is 0 Å². The molecule has 12 heteroatoms. The molecular weight excluding hydrogens is 743 g/mol. The molecule has 59 heavy (non-hydrogen) atoms. The van der Waals surface area contributed by atoms with Crippen LogP contribution in [0.2, 0.25) is 0 Å². The van der Waals surface area contributed by atoms with Gasteiger partial charge < -0.3 is 20.0 Å². The van der Waals surface area contributed by atoms with Crippen LogP contribution >= 0.6 is 0 Å². The fourth-order valence-corrected chi connectivity index (χ4v) is 8.25. The third-order valence-electron chi connectivity index (χ3n) is 11.7. The maximum absolute atomic E-state index is 13.3. The van der Waals surface area contributed by atoms with Crippen LogP contribution in [0.5, 0.6) is 0 Å². The summed E-state index contributed by atoms with van der Waals surface area (Å²) < 4.78 is 0. The predicted molar refractivity (Wildman–Crippen MR) is 227 cm³/mol. The number of hydrogen-bond donors (Lipinski definition) is 2. The van der Waals surface area contributed by atoms with E-state index in [0.717, 1.165) is 112 Å². The second-order valence-electron chi connectivity index (χ2n) is 15.7. The number of allylic oxidation sites excluding steroid dienone is 1. The first-order chi connectivity index (χ1) is 28.8. The Labute approximate surface area is 346 Å². The summed E-state index contributed by atoms with van der Waals surface area (Å²) in [4.78, 5) is 75.0. The number of piperazine rings is 1. The molecule has 1 unspecified atom stereocenters.